The lowest BCUT2D eigenvalue weighted by Crippen LogP contribution is -2.41. The summed E-state index contributed by atoms with van der Waals surface area (Å²) in [5, 5.41) is 19.4. The Morgan fingerprint density at radius 1 is 1.52 bits per heavy atom. The Balaban J connectivity index is 2.05. The largest absolute Gasteiger partial charge is 0.392 e. The van der Waals surface area contributed by atoms with Crippen molar-refractivity contribution >= 4 is 22.9 Å². The molecule has 3 atom stereocenters. The molecule has 0 saturated carbocycles. The van der Waals surface area contributed by atoms with Gasteiger partial charge >= 0.3 is 0 Å². The zero-order chi connectivity index (χ0) is 15.2. The number of ether oxygens (including phenoxy) is 1. The molecule has 0 bridgehead atoms. The minimum absolute atomic E-state index is 0.00525. The van der Waals surface area contributed by atoms with E-state index in [2.05, 4.69) is 20.9 Å². The lowest BCUT2D eigenvalue weighted by molar-refractivity contribution is -0.0891. The number of aliphatic hydroxyl groups excluding tert-OH is 2. The minimum Gasteiger partial charge on any atom is -0.392 e. The molecular weight excluding hydrogens is 276 g/mol. The highest BCUT2D eigenvalue weighted by Crippen LogP contribution is 2.37. The number of fused-ring (bicyclic) bond motifs is 1. The lowest BCUT2D eigenvalue weighted by Gasteiger charge is -2.23. The molecule has 3 heterocycles. The smallest absolute Gasteiger partial charge is 0.224 e. The maximum absolute atomic E-state index is 10.0. The molecule has 0 spiro atoms. The second-order valence-corrected chi connectivity index (χ2v) is 4.81. The van der Waals surface area contributed by atoms with Crippen molar-refractivity contribution in [2.24, 2.45) is 0 Å². The molecule has 0 aromatic carbocycles. The summed E-state index contributed by atoms with van der Waals surface area (Å²) in [7, 11) is 0. The van der Waals surface area contributed by atoms with Crippen molar-refractivity contribution in [1.29, 1.82) is 0 Å². The average molecular weight is 290 g/mol. The first-order valence-electron chi connectivity index (χ1n) is 6.21. The number of aliphatic hydroxyl groups is 2. The first-order valence-corrected chi connectivity index (χ1v) is 6.21. The van der Waals surface area contributed by atoms with Gasteiger partial charge in [0.05, 0.1) is 12.9 Å². The summed E-state index contributed by atoms with van der Waals surface area (Å²) in [6.07, 6.45) is 5.35. The summed E-state index contributed by atoms with van der Waals surface area (Å²) >= 11 is 0. The van der Waals surface area contributed by atoms with Gasteiger partial charge in [0.25, 0.3) is 0 Å². The summed E-state index contributed by atoms with van der Waals surface area (Å²) in [5.74, 6) is 2.46. The van der Waals surface area contributed by atoms with E-state index >= 15 is 0 Å². The molecule has 2 aromatic rings. The first-order chi connectivity index (χ1) is 10.0. The number of anilines is 2. The zero-order valence-corrected chi connectivity index (χ0v) is 11.0. The van der Waals surface area contributed by atoms with E-state index in [1.807, 2.05) is 0 Å². The minimum atomic E-state index is -1.44. The van der Waals surface area contributed by atoms with Crippen molar-refractivity contribution in [2.45, 2.75) is 24.4 Å². The van der Waals surface area contributed by atoms with Gasteiger partial charge in [-0.3, -0.25) is 4.57 Å². The van der Waals surface area contributed by atoms with Crippen LogP contribution in [-0.4, -0.2) is 48.0 Å². The van der Waals surface area contributed by atoms with Gasteiger partial charge in [-0.1, -0.05) is 5.92 Å². The molecule has 1 saturated heterocycles. The van der Waals surface area contributed by atoms with Crippen molar-refractivity contribution in [3.8, 4) is 12.3 Å². The first kappa shape index (κ1) is 13.6. The number of hydrogen-bond donors (Lipinski definition) is 4. The molecule has 0 unspecified atom stereocenters. The second kappa shape index (κ2) is 4.56. The molecular formula is C12H14N6O3. The number of nitrogens with two attached hydrogens (primary N) is 2. The van der Waals surface area contributed by atoms with E-state index < -0.39 is 24.5 Å². The number of nitrogen functional groups attached to an aromatic ring is 2. The second-order valence-electron chi connectivity index (χ2n) is 4.81. The predicted molar refractivity (Wildman–Crippen MR) is 73.5 cm³/mol. The van der Waals surface area contributed by atoms with Crippen LogP contribution >= 0.6 is 0 Å². The molecule has 9 nitrogen and oxygen atoms in total. The lowest BCUT2D eigenvalue weighted by atomic mass is 9.99. The van der Waals surface area contributed by atoms with E-state index in [-0.39, 0.29) is 18.2 Å². The van der Waals surface area contributed by atoms with Gasteiger partial charge in [-0.25, -0.2) is 4.98 Å². The van der Waals surface area contributed by atoms with E-state index in [0.717, 1.165) is 0 Å². The fourth-order valence-electron chi connectivity index (χ4n) is 2.41. The van der Waals surface area contributed by atoms with E-state index in [1.54, 1.807) is 4.57 Å². The molecule has 1 fully saturated rings. The number of hydrogen-bond acceptors (Lipinski definition) is 8. The SMILES string of the molecule is C#C[C@]1(CO)O[C@H](n2cnc3c(N)nc(N)nc32)C[C@@H]1O. The topological polar surface area (TPSA) is 145 Å². The Kier molecular flexibility index (Phi) is 2.94. The molecule has 3 rings (SSSR count). The monoisotopic (exact) mass is 290 g/mol. The summed E-state index contributed by atoms with van der Waals surface area (Å²) in [6, 6.07) is 0. The molecule has 0 radical (unpaired) electrons. The van der Waals surface area contributed by atoms with E-state index in [4.69, 9.17) is 22.6 Å². The van der Waals surface area contributed by atoms with Gasteiger partial charge in [0.1, 0.15) is 17.8 Å². The summed E-state index contributed by atoms with van der Waals surface area (Å²) in [5.41, 5.74) is 10.6. The fourth-order valence-corrected chi connectivity index (χ4v) is 2.41. The van der Waals surface area contributed by atoms with Gasteiger partial charge in [0, 0.05) is 6.42 Å². The van der Waals surface area contributed by atoms with E-state index in [9.17, 15) is 10.2 Å². The van der Waals surface area contributed by atoms with Crippen molar-refractivity contribution in [3.05, 3.63) is 6.33 Å². The summed E-state index contributed by atoms with van der Waals surface area (Å²) < 4.78 is 7.19. The van der Waals surface area contributed by atoms with Crippen molar-refractivity contribution in [1.82, 2.24) is 19.5 Å². The molecule has 1 aliphatic heterocycles. The molecule has 110 valence electrons. The van der Waals surface area contributed by atoms with E-state index in [0.29, 0.717) is 11.2 Å². The third-order valence-corrected chi connectivity index (χ3v) is 3.56. The highest BCUT2D eigenvalue weighted by molar-refractivity contribution is 5.82. The average Bonchev–Trinajstić information content (AvgIpc) is 3.00. The third-order valence-electron chi connectivity index (χ3n) is 3.56. The Hall–Kier alpha value is -2.41. The maximum Gasteiger partial charge on any atom is 0.224 e. The van der Waals surface area contributed by atoms with Gasteiger partial charge in [-0.2, -0.15) is 9.97 Å². The maximum atomic E-state index is 10.0. The molecule has 21 heavy (non-hydrogen) atoms. The number of terminal acetylenes is 1. The molecule has 0 aliphatic carbocycles. The van der Waals surface area contributed by atoms with E-state index in [1.165, 1.54) is 6.33 Å². The van der Waals surface area contributed by atoms with Crippen LogP contribution < -0.4 is 11.5 Å². The Bertz CT molecular complexity index is 738. The van der Waals surface area contributed by atoms with Crippen LogP contribution in [0.5, 0.6) is 0 Å². The van der Waals surface area contributed by atoms with Gasteiger partial charge < -0.3 is 26.4 Å². The van der Waals surface area contributed by atoms with Gasteiger partial charge in [0.15, 0.2) is 17.1 Å². The highest BCUT2D eigenvalue weighted by atomic mass is 16.6. The number of imidazole rings is 1. The van der Waals surface area contributed by atoms with Crippen LogP contribution in [0, 0.1) is 12.3 Å². The number of nitrogens with zero attached hydrogens (tertiary/aromatic N) is 4. The quantitative estimate of drug-likeness (QED) is 0.496. The molecule has 0 amide bonds. The van der Waals surface area contributed by atoms with Crippen LogP contribution in [0.2, 0.25) is 0 Å². The Morgan fingerprint density at radius 3 is 2.90 bits per heavy atom. The molecule has 2 aromatic heterocycles. The van der Waals surface area contributed by atoms with Gasteiger partial charge in [-0.05, 0) is 0 Å². The van der Waals surface area contributed by atoms with Crippen molar-refractivity contribution in [3.63, 3.8) is 0 Å². The van der Waals surface area contributed by atoms with Crippen LogP contribution in [0.1, 0.15) is 12.6 Å². The number of aromatic nitrogens is 4. The van der Waals surface area contributed by atoms with Crippen LogP contribution in [-0.2, 0) is 4.74 Å². The normalized spacial score (nSPS) is 28.8. The van der Waals surface area contributed by atoms with Crippen LogP contribution in [0.4, 0.5) is 11.8 Å². The Labute approximate surface area is 119 Å². The van der Waals surface area contributed by atoms with Gasteiger partial charge in [-0.15, -0.1) is 6.42 Å². The summed E-state index contributed by atoms with van der Waals surface area (Å²) in [4.78, 5) is 12.0. The molecule has 6 N–H and O–H groups in total. The van der Waals surface area contributed by atoms with Gasteiger partial charge in [0.2, 0.25) is 5.95 Å². The highest BCUT2D eigenvalue weighted by Gasteiger charge is 2.47. The number of rotatable bonds is 2. The van der Waals surface area contributed by atoms with Crippen molar-refractivity contribution in [2.75, 3.05) is 18.1 Å². The predicted octanol–water partition coefficient (Wildman–Crippen LogP) is -1.37. The Morgan fingerprint density at radius 2 is 2.29 bits per heavy atom. The molecule has 9 heteroatoms. The van der Waals surface area contributed by atoms with Crippen molar-refractivity contribution < 1.29 is 14.9 Å². The fraction of sp³-hybridized carbons (Fsp3) is 0.417. The standard InChI is InChI=1S/C12H14N6O3/c1-2-12(4-19)6(20)3-7(21-12)18-5-15-8-9(13)16-11(14)17-10(8)18/h1,5-7,19-20H,3-4H2,(H4,13,14,16,17)/t6-,7-,12+/m0/s1. The third kappa shape index (κ3) is 1.89. The molecule has 1 aliphatic rings. The van der Waals surface area contributed by atoms with Crippen LogP contribution in [0.3, 0.4) is 0 Å². The zero-order valence-electron chi connectivity index (χ0n) is 11.0. The van der Waals surface area contributed by atoms with Crippen LogP contribution in [0.25, 0.3) is 11.2 Å². The van der Waals surface area contributed by atoms with Crippen LogP contribution in [0.15, 0.2) is 6.33 Å². The summed E-state index contributed by atoms with van der Waals surface area (Å²) in [6.45, 7) is -0.493.